The third-order valence-electron chi connectivity index (χ3n) is 7.57. The molecule has 2 N–H and O–H groups in total. The second-order valence-corrected chi connectivity index (χ2v) is 11.6. The molecule has 0 unspecified atom stereocenters. The van der Waals surface area contributed by atoms with Crippen LogP contribution in [0.2, 0.25) is 0 Å². The van der Waals surface area contributed by atoms with Crippen LogP contribution in [0.5, 0.6) is 0 Å². The molecule has 42 heavy (non-hydrogen) atoms. The molecule has 3 aromatic heterocycles. The summed E-state index contributed by atoms with van der Waals surface area (Å²) in [7, 11) is 0. The van der Waals surface area contributed by atoms with E-state index in [9.17, 15) is 31.5 Å². The van der Waals surface area contributed by atoms with Gasteiger partial charge in [0.2, 0.25) is 11.8 Å². The fourth-order valence-corrected chi connectivity index (χ4v) is 5.32. The molecule has 0 aromatic carbocycles. The molecular weight excluding hydrogens is 561 g/mol. The van der Waals surface area contributed by atoms with Crippen LogP contribution in [0.15, 0.2) is 30.7 Å². The number of fused-ring (bicyclic) bond motifs is 1. The molecule has 2 amide bonds. The maximum absolute atomic E-state index is 14.0. The van der Waals surface area contributed by atoms with Crippen molar-refractivity contribution in [3.8, 4) is 0 Å². The Morgan fingerprint density at radius 1 is 1.10 bits per heavy atom. The predicted molar refractivity (Wildman–Crippen MR) is 144 cm³/mol. The van der Waals surface area contributed by atoms with Gasteiger partial charge in [0.25, 0.3) is 5.91 Å². The van der Waals surface area contributed by atoms with Gasteiger partial charge >= 0.3 is 6.18 Å². The molecule has 230 valence electrons. The number of carbonyl (C=O) groups excluding carboxylic acids is 2. The zero-order chi connectivity index (χ0) is 30.8. The van der Waals surface area contributed by atoms with Crippen LogP contribution in [0.1, 0.15) is 106 Å². The molecule has 3 aromatic rings. The van der Waals surface area contributed by atoms with Crippen LogP contribution in [0.4, 0.5) is 22.0 Å². The lowest BCUT2D eigenvalue weighted by Crippen LogP contribution is -2.38. The summed E-state index contributed by atoms with van der Waals surface area (Å²) in [5.74, 6) is -4.36. The smallest absolute Gasteiger partial charge is 0.349 e. The average molecular weight is 598 g/mol. The molecular formula is C28H36F5N7O2. The number of imidazole rings is 1. The Balaban J connectivity index is 1.62. The first kappa shape index (κ1) is 31.4. The van der Waals surface area contributed by atoms with Gasteiger partial charge in [0.1, 0.15) is 5.69 Å². The van der Waals surface area contributed by atoms with E-state index in [2.05, 4.69) is 25.8 Å². The Bertz CT molecular complexity index is 1390. The number of hydrogen-bond acceptors (Lipinski definition) is 5. The number of alkyl halides is 5. The highest BCUT2D eigenvalue weighted by Gasteiger charge is 2.39. The van der Waals surface area contributed by atoms with E-state index in [1.807, 2.05) is 27.7 Å². The molecule has 4 rings (SSSR count). The minimum Gasteiger partial charge on any atom is -0.349 e. The van der Waals surface area contributed by atoms with Crippen molar-refractivity contribution in [2.24, 2.45) is 11.8 Å². The Kier molecular flexibility index (Phi) is 9.21. The van der Waals surface area contributed by atoms with Gasteiger partial charge in [0.15, 0.2) is 5.65 Å². The molecule has 0 aliphatic heterocycles. The number of amides is 2. The zero-order valence-electron chi connectivity index (χ0n) is 24.0. The van der Waals surface area contributed by atoms with Gasteiger partial charge in [-0.2, -0.15) is 23.4 Å². The van der Waals surface area contributed by atoms with E-state index in [1.165, 1.54) is 16.9 Å². The number of nitrogens with one attached hydrogen (secondary N) is 2. The third kappa shape index (κ3) is 7.62. The summed E-state index contributed by atoms with van der Waals surface area (Å²) >= 11 is 0. The first-order valence-electron chi connectivity index (χ1n) is 14.1. The maximum Gasteiger partial charge on any atom is 0.389 e. The Morgan fingerprint density at radius 3 is 2.40 bits per heavy atom. The van der Waals surface area contributed by atoms with Crippen molar-refractivity contribution in [3.05, 3.63) is 47.7 Å². The van der Waals surface area contributed by atoms with E-state index in [-0.39, 0.29) is 43.6 Å². The van der Waals surface area contributed by atoms with Crippen molar-refractivity contribution >= 4 is 17.5 Å². The van der Waals surface area contributed by atoms with Crippen molar-refractivity contribution in [1.29, 1.82) is 0 Å². The number of carbonyl (C=O) groups is 2. The average Bonchev–Trinajstić information content (AvgIpc) is 3.56. The molecule has 0 radical (unpaired) electrons. The summed E-state index contributed by atoms with van der Waals surface area (Å²) in [6.07, 6.45) is -1.91. The summed E-state index contributed by atoms with van der Waals surface area (Å²) in [4.78, 5) is 30.3. The lowest BCUT2D eigenvalue weighted by atomic mass is 9.81. The van der Waals surface area contributed by atoms with Crippen LogP contribution in [-0.2, 0) is 4.79 Å². The van der Waals surface area contributed by atoms with Crippen molar-refractivity contribution in [3.63, 3.8) is 0 Å². The third-order valence-corrected chi connectivity index (χ3v) is 7.57. The molecule has 14 heteroatoms. The van der Waals surface area contributed by atoms with E-state index in [4.69, 9.17) is 0 Å². The Hall–Kier alpha value is -3.58. The Morgan fingerprint density at radius 2 is 1.79 bits per heavy atom. The standard InChI is InChI=1S/C28H36F5N7O2/c1-16(2)24(37-23(41)7-11-28(31,32)33)19-13-22-36-20(15-39(22)35-14-19)25(18-5-9-27(29,30)10-6-18)38-26(42)21-8-12-34-40(21)17(3)4/h8,12-18,24-25H,5-7,9-11H2,1-4H3,(H,37,41)(H,38,42)/t24-,25+/m1/s1. The highest BCUT2D eigenvalue weighted by molar-refractivity contribution is 5.92. The van der Waals surface area contributed by atoms with Crippen LogP contribution in [0.3, 0.4) is 0 Å². The second-order valence-electron chi connectivity index (χ2n) is 11.6. The van der Waals surface area contributed by atoms with E-state index in [1.54, 1.807) is 23.0 Å². The fraction of sp³-hybridized carbons (Fsp3) is 0.607. The number of halogens is 5. The lowest BCUT2D eigenvalue weighted by molar-refractivity contribution is -0.144. The monoisotopic (exact) mass is 597 g/mol. The molecule has 9 nitrogen and oxygen atoms in total. The van der Waals surface area contributed by atoms with Crippen LogP contribution >= 0.6 is 0 Å². The highest BCUT2D eigenvalue weighted by Crippen LogP contribution is 2.41. The highest BCUT2D eigenvalue weighted by atomic mass is 19.4. The van der Waals surface area contributed by atoms with Crippen molar-refractivity contribution in [2.45, 2.75) is 96.4 Å². The molecule has 3 heterocycles. The quantitative estimate of drug-likeness (QED) is 0.281. The van der Waals surface area contributed by atoms with Crippen molar-refractivity contribution in [2.75, 3.05) is 0 Å². The van der Waals surface area contributed by atoms with Gasteiger partial charge in [-0.05, 0) is 56.2 Å². The molecule has 0 saturated heterocycles. The SMILES string of the molecule is CC(C)[C@@H](NC(=O)CCC(F)(F)F)c1cnn2cc([C@@H](NC(=O)c3ccnn3C(C)C)C3CCC(F)(F)CC3)nc2c1. The first-order valence-corrected chi connectivity index (χ1v) is 14.1. The summed E-state index contributed by atoms with van der Waals surface area (Å²) in [6, 6.07) is 1.89. The Labute approximate surface area is 240 Å². The molecule has 0 spiro atoms. The van der Waals surface area contributed by atoms with Crippen LogP contribution in [-0.4, -0.2) is 48.3 Å². The van der Waals surface area contributed by atoms with Gasteiger partial charge in [-0.3, -0.25) is 14.3 Å². The first-order chi connectivity index (χ1) is 19.6. The molecule has 0 bridgehead atoms. The van der Waals surface area contributed by atoms with Crippen LogP contribution in [0, 0.1) is 11.8 Å². The normalized spacial score (nSPS) is 17.5. The van der Waals surface area contributed by atoms with Gasteiger partial charge < -0.3 is 10.6 Å². The largest absolute Gasteiger partial charge is 0.389 e. The van der Waals surface area contributed by atoms with E-state index < -0.39 is 48.8 Å². The van der Waals surface area contributed by atoms with Crippen LogP contribution < -0.4 is 10.6 Å². The van der Waals surface area contributed by atoms with Gasteiger partial charge in [-0.1, -0.05) is 13.8 Å². The van der Waals surface area contributed by atoms with Gasteiger partial charge in [-0.15, -0.1) is 0 Å². The fourth-order valence-electron chi connectivity index (χ4n) is 5.32. The number of hydrogen-bond donors (Lipinski definition) is 2. The summed E-state index contributed by atoms with van der Waals surface area (Å²) < 4.78 is 68.9. The summed E-state index contributed by atoms with van der Waals surface area (Å²) in [5, 5.41) is 14.3. The molecule has 1 saturated carbocycles. The predicted octanol–water partition coefficient (Wildman–Crippen LogP) is 5.96. The van der Waals surface area contributed by atoms with E-state index in [0.717, 1.165) is 0 Å². The second kappa shape index (κ2) is 12.3. The van der Waals surface area contributed by atoms with E-state index in [0.29, 0.717) is 22.6 Å². The number of aromatic nitrogens is 5. The zero-order valence-corrected chi connectivity index (χ0v) is 24.0. The lowest BCUT2D eigenvalue weighted by Gasteiger charge is -2.33. The van der Waals surface area contributed by atoms with E-state index >= 15 is 0 Å². The minimum absolute atomic E-state index is 0.0757. The van der Waals surface area contributed by atoms with Gasteiger partial charge in [-0.25, -0.2) is 18.3 Å². The topological polar surface area (TPSA) is 106 Å². The summed E-state index contributed by atoms with van der Waals surface area (Å²) in [6.45, 7) is 7.42. The number of rotatable bonds is 10. The number of nitrogens with zero attached hydrogens (tertiary/aromatic N) is 5. The van der Waals surface area contributed by atoms with Crippen molar-refractivity contribution < 1.29 is 31.5 Å². The van der Waals surface area contributed by atoms with Gasteiger partial charge in [0.05, 0.1) is 36.6 Å². The molecule has 1 aliphatic rings. The maximum atomic E-state index is 14.0. The minimum atomic E-state index is -4.44. The molecule has 2 atom stereocenters. The van der Waals surface area contributed by atoms with Gasteiger partial charge in [0, 0.05) is 31.5 Å². The molecule has 1 aliphatic carbocycles. The van der Waals surface area contributed by atoms with Crippen LogP contribution in [0.25, 0.3) is 5.65 Å². The summed E-state index contributed by atoms with van der Waals surface area (Å²) in [5.41, 5.74) is 1.70. The van der Waals surface area contributed by atoms with Crippen molar-refractivity contribution in [1.82, 2.24) is 35.0 Å². The molecule has 1 fully saturated rings.